The highest BCUT2D eigenvalue weighted by Crippen LogP contribution is 2.35. The third kappa shape index (κ3) is 5.01. The Morgan fingerprint density at radius 1 is 1.21 bits per heavy atom. The molecule has 2 aromatic carbocycles. The molecule has 3 N–H and O–H groups in total. The number of nitrogen functional groups attached to an aromatic ring is 1. The Morgan fingerprint density at radius 2 is 2.06 bits per heavy atom. The summed E-state index contributed by atoms with van der Waals surface area (Å²) in [5, 5.41) is 6.88. The van der Waals surface area contributed by atoms with Gasteiger partial charge in [0.05, 0.1) is 18.3 Å². The van der Waals surface area contributed by atoms with Crippen LogP contribution in [-0.4, -0.2) is 25.7 Å². The van der Waals surface area contributed by atoms with Crippen LogP contribution in [0.25, 0.3) is 11.1 Å². The molecule has 0 spiro atoms. The molecule has 4 rings (SSSR count). The summed E-state index contributed by atoms with van der Waals surface area (Å²) in [7, 11) is 0. The van der Waals surface area contributed by atoms with Gasteiger partial charge in [0.1, 0.15) is 29.5 Å². The van der Waals surface area contributed by atoms with Gasteiger partial charge in [0.15, 0.2) is 0 Å². The molecule has 0 aliphatic carbocycles. The number of halogens is 2. The number of nitrogens with two attached hydrogens (primary N) is 1. The second-order valence-electron chi connectivity index (χ2n) is 6.92. The molecule has 33 heavy (non-hydrogen) atoms. The second kappa shape index (κ2) is 9.27. The van der Waals surface area contributed by atoms with Gasteiger partial charge in [0, 0.05) is 35.1 Å². The van der Waals surface area contributed by atoms with Crippen molar-refractivity contribution in [1.82, 2.24) is 19.7 Å². The van der Waals surface area contributed by atoms with Crippen LogP contribution in [0.1, 0.15) is 5.56 Å². The molecular formula is C23H18F2N6O2. The third-order valence-electron chi connectivity index (χ3n) is 4.61. The highest BCUT2D eigenvalue weighted by Gasteiger charge is 2.17. The molecule has 0 atom stereocenters. The number of amides is 1. The van der Waals surface area contributed by atoms with Crippen molar-refractivity contribution in [3.05, 3.63) is 91.0 Å². The number of aromatic nitrogens is 4. The first kappa shape index (κ1) is 21.6. The highest BCUT2D eigenvalue weighted by molar-refractivity contribution is 5.98. The number of carbonyl (C=O) groups excluding carboxylic acids is 1. The quantitative estimate of drug-likeness (QED) is 0.411. The molecule has 0 bridgehead atoms. The van der Waals surface area contributed by atoms with Gasteiger partial charge in [-0.1, -0.05) is 18.7 Å². The van der Waals surface area contributed by atoms with Gasteiger partial charge in [-0.15, -0.1) is 0 Å². The molecule has 0 radical (unpaired) electrons. The predicted molar refractivity (Wildman–Crippen MR) is 118 cm³/mol. The summed E-state index contributed by atoms with van der Waals surface area (Å²) in [6, 6.07) is 10.1. The maximum absolute atomic E-state index is 14.0. The zero-order chi connectivity index (χ0) is 23.4. The van der Waals surface area contributed by atoms with Crippen molar-refractivity contribution in [3.63, 3.8) is 0 Å². The molecule has 0 saturated heterocycles. The van der Waals surface area contributed by atoms with E-state index in [0.29, 0.717) is 22.6 Å². The molecule has 0 unspecified atom stereocenters. The lowest BCUT2D eigenvalue weighted by Crippen LogP contribution is -2.07. The average molecular weight is 448 g/mol. The van der Waals surface area contributed by atoms with Crippen molar-refractivity contribution < 1.29 is 18.3 Å². The normalized spacial score (nSPS) is 10.6. The van der Waals surface area contributed by atoms with Crippen LogP contribution in [0.4, 0.5) is 20.3 Å². The first-order valence-electron chi connectivity index (χ1n) is 9.71. The minimum Gasteiger partial charge on any atom is -0.438 e. The van der Waals surface area contributed by atoms with Crippen LogP contribution in [0.5, 0.6) is 11.6 Å². The van der Waals surface area contributed by atoms with Gasteiger partial charge < -0.3 is 15.8 Å². The van der Waals surface area contributed by atoms with Crippen LogP contribution in [0, 0.1) is 11.6 Å². The number of benzene rings is 2. The zero-order valence-corrected chi connectivity index (χ0v) is 17.2. The second-order valence-corrected chi connectivity index (χ2v) is 6.92. The van der Waals surface area contributed by atoms with Gasteiger partial charge in [-0.2, -0.15) is 5.10 Å². The lowest BCUT2D eigenvalue weighted by atomic mass is 10.1. The van der Waals surface area contributed by atoms with Crippen molar-refractivity contribution in [2.24, 2.45) is 0 Å². The summed E-state index contributed by atoms with van der Waals surface area (Å²) in [5.74, 6) is -0.949. The highest BCUT2D eigenvalue weighted by atomic mass is 19.1. The van der Waals surface area contributed by atoms with Crippen LogP contribution in [0.15, 0.2) is 73.8 Å². The van der Waals surface area contributed by atoms with E-state index in [1.165, 1.54) is 29.3 Å². The number of hydrogen-bond acceptors (Lipinski definition) is 6. The van der Waals surface area contributed by atoms with E-state index in [9.17, 15) is 13.6 Å². The summed E-state index contributed by atoms with van der Waals surface area (Å²) < 4.78 is 34.5. The van der Waals surface area contributed by atoms with Gasteiger partial charge in [0.2, 0.25) is 11.8 Å². The smallest absolute Gasteiger partial charge is 0.247 e. The molecule has 2 aromatic heterocycles. The van der Waals surface area contributed by atoms with Gasteiger partial charge >= 0.3 is 0 Å². The largest absolute Gasteiger partial charge is 0.438 e. The Kier molecular flexibility index (Phi) is 6.07. The van der Waals surface area contributed by atoms with Crippen LogP contribution in [0.3, 0.4) is 0 Å². The minimum absolute atomic E-state index is 0.0843. The average Bonchev–Trinajstić information content (AvgIpc) is 3.24. The van der Waals surface area contributed by atoms with E-state index in [1.54, 1.807) is 30.5 Å². The Labute approximate surface area is 187 Å². The number of rotatable bonds is 7. The van der Waals surface area contributed by atoms with E-state index in [2.05, 4.69) is 27.0 Å². The van der Waals surface area contributed by atoms with E-state index >= 15 is 0 Å². The Balaban J connectivity index is 1.61. The van der Waals surface area contributed by atoms with Crippen molar-refractivity contribution in [2.45, 2.75) is 6.54 Å². The Hall–Kier alpha value is -4.60. The van der Waals surface area contributed by atoms with Crippen LogP contribution >= 0.6 is 0 Å². The molecule has 10 heteroatoms. The summed E-state index contributed by atoms with van der Waals surface area (Å²) in [6.07, 6.45) is 5.57. The van der Waals surface area contributed by atoms with Gasteiger partial charge in [-0.3, -0.25) is 9.48 Å². The number of carbonyl (C=O) groups is 1. The third-order valence-corrected chi connectivity index (χ3v) is 4.61. The lowest BCUT2D eigenvalue weighted by molar-refractivity contribution is -0.111. The Morgan fingerprint density at radius 3 is 2.85 bits per heavy atom. The number of ether oxygens (including phenoxy) is 1. The van der Waals surface area contributed by atoms with Crippen LogP contribution in [-0.2, 0) is 11.3 Å². The van der Waals surface area contributed by atoms with E-state index in [0.717, 1.165) is 12.1 Å². The summed E-state index contributed by atoms with van der Waals surface area (Å²) >= 11 is 0. The fourth-order valence-electron chi connectivity index (χ4n) is 3.08. The van der Waals surface area contributed by atoms with Gasteiger partial charge in [0.25, 0.3) is 0 Å². The predicted octanol–water partition coefficient (Wildman–Crippen LogP) is 4.17. The standard InChI is InChI=1S/C23H18F2N6O2/c1-2-20(32)30-17-4-3-5-18(9-17)33-23-21(22(26)27-13-28-23)15-10-29-31(12-15)11-14-6-7-16(24)8-19(14)25/h2-10,12-13H,1,11H2,(H,30,32)(H2,26,27,28). The number of hydrogen-bond donors (Lipinski definition) is 2. The van der Waals surface area contributed by atoms with Gasteiger partial charge in [-0.25, -0.2) is 18.7 Å². The minimum atomic E-state index is -0.665. The molecule has 0 aliphatic rings. The zero-order valence-electron chi connectivity index (χ0n) is 17.2. The topological polar surface area (TPSA) is 108 Å². The molecule has 2 heterocycles. The fourth-order valence-corrected chi connectivity index (χ4v) is 3.08. The maximum Gasteiger partial charge on any atom is 0.247 e. The molecule has 1 amide bonds. The monoisotopic (exact) mass is 448 g/mol. The first-order chi connectivity index (χ1) is 15.9. The summed E-state index contributed by atoms with van der Waals surface area (Å²) in [6.45, 7) is 3.50. The molecule has 0 aliphatic heterocycles. The number of anilines is 2. The van der Waals surface area contributed by atoms with Crippen molar-refractivity contribution in [3.8, 4) is 22.8 Å². The van der Waals surface area contributed by atoms with Crippen LogP contribution in [0.2, 0.25) is 0 Å². The lowest BCUT2D eigenvalue weighted by Gasteiger charge is -2.11. The molecule has 0 saturated carbocycles. The molecular weight excluding hydrogens is 430 g/mol. The van der Waals surface area contributed by atoms with Crippen molar-refractivity contribution in [2.75, 3.05) is 11.1 Å². The first-order valence-corrected chi connectivity index (χ1v) is 9.71. The molecule has 166 valence electrons. The number of nitrogens with one attached hydrogen (secondary N) is 1. The molecule has 0 fully saturated rings. The van der Waals surface area contributed by atoms with E-state index in [-0.39, 0.29) is 29.7 Å². The summed E-state index contributed by atoms with van der Waals surface area (Å²) in [4.78, 5) is 19.7. The maximum atomic E-state index is 14.0. The van der Waals surface area contributed by atoms with Crippen molar-refractivity contribution in [1.29, 1.82) is 0 Å². The van der Waals surface area contributed by atoms with Gasteiger partial charge in [-0.05, 0) is 24.3 Å². The van der Waals surface area contributed by atoms with E-state index in [4.69, 9.17) is 10.5 Å². The SMILES string of the molecule is C=CC(=O)Nc1cccc(Oc2ncnc(N)c2-c2cnn(Cc3ccc(F)cc3F)c2)c1. The molecule has 4 aromatic rings. The van der Waals surface area contributed by atoms with Crippen LogP contribution < -0.4 is 15.8 Å². The van der Waals surface area contributed by atoms with E-state index < -0.39 is 11.6 Å². The Bertz CT molecular complexity index is 1340. The van der Waals surface area contributed by atoms with Crippen molar-refractivity contribution >= 4 is 17.4 Å². The number of nitrogens with zero attached hydrogens (tertiary/aromatic N) is 4. The molecule has 8 nitrogen and oxygen atoms in total. The fraction of sp³-hybridized carbons (Fsp3) is 0.0435. The van der Waals surface area contributed by atoms with E-state index in [1.807, 2.05) is 0 Å². The summed E-state index contributed by atoms with van der Waals surface area (Å²) in [5.41, 5.74) is 7.81.